The van der Waals surface area contributed by atoms with Crippen LogP contribution in [0.4, 0.5) is 14.5 Å². The van der Waals surface area contributed by atoms with Gasteiger partial charge in [0.2, 0.25) is 10.0 Å². The van der Waals surface area contributed by atoms with Crippen LogP contribution in [0.25, 0.3) is 17.1 Å². The lowest BCUT2D eigenvalue weighted by Gasteiger charge is -2.45. The van der Waals surface area contributed by atoms with Gasteiger partial charge in [0.15, 0.2) is 0 Å². The van der Waals surface area contributed by atoms with Gasteiger partial charge in [-0.2, -0.15) is 8.78 Å². The van der Waals surface area contributed by atoms with Crippen molar-refractivity contribution in [3.63, 3.8) is 0 Å². The molecule has 13 heteroatoms. The second kappa shape index (κ2) is 8.50. The van der Waals surface area contributed by atoms with Crippen LogP contribution >= 0.6 is 0 Å². The van der Waals surface area contributed by atoms with Crippen molar-refractivity contribution in [1.29, 1.82) is 0 Å². The summed E-state index contributed by atoms with van der Waals surface area (Å²) < 4.78 is 68.0. The van der Waals surface area contributed by atoms with Crippen LogP contribution in [0.2, 0.25) is 0 Å². The first kappa shape index (κ1) is 24.1. The van der Waals surface area contributed by atoms with Gasteiger partial charge >= 0.3 is 6.43 Å². The normalized spacial score (nSPS) is 27.5. The summed E-state index contributed by atoms with van der Waals surface area (Å²) in [4.78, 5) is 2.16. The van der Waals surface area contributed by atoms with E-state index in [1.54, 1.807) is 29.5 Å². The van der Waals surface area contributed by atoms with Crippen molar-refractivity contribution in [2.24, 2.45) is 0 Å². The van der Waals surface area contributed by atoms with Crippen LogP contribution < -0.4 is 14.9 Å². The maximum absolute atomic E-state index is 13.5. The zero-order valence-corrected chi connectivity index (χ0v) is 20.6. The molecule has 2 aliphatic rings. The molecule has 0 aromatic carbocycles. The number of piperazine rings is 1. The van der Waals surface area contributed by atoms with Gasteiger partial charge in [0.05, 0.1) is 29.5 Å². The van der Waals surface area contributed by atoms with Gasteiger partial charge in [-0.3, -0.25) is 0 Å². The molecule has 2 aliphatic heterocycles. The highest BCUT2D eigenvalue weighted by Gasteiger charge is 2.44. The molecule has 0 spiro atoms. The number of nitrogens with zero attached hydrogens (tertiary/aromatic N) is 4. The first-order valence-corrected chi connectivity index (χ1v) is 12.9. The van der Waals surface area contributed by atoms with Crippen LogP contribution in [0.5, 0.6) is 0 Å². The van der Waals surface area contributed by atoms with Gasteiger partial charge in [0.1, 0.15) is 10.6 Å². The summed E-state index contributed by atoms with van der Waals surface area (Å²) in [5.74, 6) is -0.916. The quantitative estimate of drug-likeness (QED) is 0.520. The van der Waals surface area contributed by atoms with Crippen molar-refractivity contribution >= 4 is 21.2 Å². The van der Waals surface area contributed by atoms with E-state index in [-0.39, 0.29) is 35.6 Å². The number of fused-ring (bicyclic) bond motifs is 1. The maximum atomic E-state index is 13.5. The largest absolute Gasteiger partial charge is 0.414 e. The third-order valence-corrected chi connectivity index (χ3v) is 8.25. The van der Waals surface area contributed by atoms with Gasteiger partial charge in [-0.15, -0.1) is 10.2 Å². The van der Waals surface area contributed by atoms with E-state index in [1.807, 2.05) is 6.92 Å². The highest BCUT2D eigenvalue weighted by molar-refractivity contribution is 7.89. The third kappa shape index (κ3) is 4.30. The lowest BCUT2D eigenvalue weighted by molar-refractivity contribution is -0.120. The fourth-order valence-electron chi connectivity index (χ4n) is 4.67. The van der Waals surface area contributed by atoms with Gasteiger partial charge in [0.25, 0.3) is 11.8 Å². The molecule has 0 saturated carbocycles. The molecular weight excluding hydrogens is 482 g/mol. The SMILES string of the molecule is CC1OCC1(C)NS(=O)(=O)c1cc(N2C[C@H](C)N[C@@H](C)C2)c2ccc(-c3nnc(C(F)F)o3)n2c1. The molecule has 0 amide bonds. The van der Waals surface area contributed by atoms with Gasteiger partial charge < -0.3 is 23.8 Å². The minimum Gasteiger partial charge on any atom is -0.414 e. The third-order valence-electron chi connectivity index (χ3n) is 6.67. The summed E-state index contributed by atoms with van der Waals surface area (Å²) in [5.41, 5.74) is 0.990. The predicted octanol–water partition coefficient (Wildman–Crippen LogP) is 2.57. The Bertz CT molecular complexity index is 1350. The summed E-state index contributed by atoms with van der Waals surface area (Å²) in [6.45, 7) is 9.33. The van der Waals surface area contributed by atoms with E-state index in [0.717, 1.165) is 0 Å². The van der Waals surface area contributed by atoms with E-state index in [4.69, 9.17) is 9.15 Å². The van der Waals surface area contributed by atoms with E-state index in [9.17, 15) is 17.2 Å². The van der Waals surface area contributed by atoms with E-state index in [2.05, 4.69) is 39.0 Å². The highest BCUT2D eigenvalue weighted by Crippen LogP contribution is 2.34. The predicted molar refractivity (Wildman–Crippen MR) is 124 cm³/mol. The summed E-state index contributed by atoms with van der Waals surface area (Å²) in [6, 6.07) is 5.47. The van der Waals surface area contributed by atoms with Crippen molar-refractivity contribution in [2.75, 3.05) is 24.6 Å². The number of pyridine rings is 1. The van der Waals surface area contributed by atoms with Crippen molar-refractivity contribution in [2.45, 2.75) is 62.7 Å². The molecule has 0 aliphatic carbocycles. The molecule has 5 rings (SSSR count). The molecule has 3 aromatic heterocycles. The van der Waals surface area contributed by atoms with E-state index in [1.165, 1.54) is 6.20 Å². The Labute approximate surface area is 201 Å². The summed E-state index contributed by atoms with van der Waals surface area (Å²) >= 11 is 0. The zero-order chi connectivity index (χ0) is 25.1. The number of hydrogen-bond donors (Lipinski definition) is 2. The van der Waals surface area contributed by atoms with E-state index >= 15 is 0 Å². The number of sulfonamides is 1. The minimum atomic E-state index is -3.96. The Kier molecular flexibility index (Phi) is 5.86. The molecule has 5 heterocycles. The van der Waals surface area contributed by atoms with Crippen molar-refractivity contribution in [3.8, 4) is 11.6 Å². The van der Waals surface area contributed by atoms with E-state index in [0.29, 0.717) is 30.0 Å². The molecule has 10 nitrogen and oxygen atoms in total. The molecule has 0 bridgehead atoms. The number of ether oxygens (including phenoxy) is 1. The Morgan fingerprint density at radius 1 is 1.20 bits per heavy atom. The van der Waals surface area contributed by atoms with Gasteiger partial charge in [-0.25, -0.2) is 13.1 Å². The number of hydrogen-bond acceptors (Lipinski definition) is 8. The van der Waals surface area contributed by atoms with Crippen molar-refractivity contribution < 1.29 is 26.4 Å². The molecule has 2 fully saturated rings. The Morgan fingerprint density at radius 2 is 1.91 bits per heavy atom. The molecule has 190 valence electrons. The van der Waals surface area contributed by atoms with Crippen molar-refractivity contribution in [3.05, 3.63) is 30.3 Å². The zero-order valence-electron chi connectivity index (χ0n) is 19.8. The molecule has 35 heavy (non-hydrogen) atoms. The van der Waals surface area contributed by atoms with Gasteiger partial charge in [0, 0.05) is 31.4 Å². The van der Waals surface area contributed by atoms with Crippen LogP contribution in [0.15, 0.2) is 33.7 Å². The van der Waals surface area contributed by atoms with E-state index < -0.39 is 27.9 Å². The summed E-state index contributed by atoms with van der Waals surface area (Å²) in [6.07, 6.45) is -1.73. The summed E-state index contributed by atoms with van der Waals surface area (Å²) in [5, 5.41) is 10.6. The van der Waals surface area contributed by atoms with Crippen LogP contribution in [-0.2, 0) is 14.8 Å². The number of aromatic nitrogens is 3. The Balaban J connectivity index is 1.65. The summed E-state index contributed by atoms with van der Waals surface area (Å²) in [7, 11) is -3.96. The number of nitrogens with one attached hydrogen (secondary N) is 2. The maximum Gasteiger partial charge on any atom is 0.314 e. The topological polar surface area (TPSA) is 114 Å². The Hall–Kier alpha value is -2.61. The molecule has 2 unspecified atom stereocenters. The average molecular weight is 511 g/mol. The van der Waals surface area contributed by atoms with Gasteiger partial charge in [-0.05, 0) is 45.9 Å². The van der Waals surface area contributed by atoms with Crippen LogP contribution in [0, 0.1) is 0 Å². The fraction of sp³-hybridized carbons (Fsp3) is 0.545. The first-order valence-electron chi connectivity index (χ1n) is 11.4. The number of anilines is 1. The Morgan fingerprint density at radius 3 is 2.49 bits per heavy atom. The van der Waals surface area contributed by atoms with Gasteiger partial charge in [-0.1, -0.05) is 0 Å². The monoisotopic (exact) mass is 510 g/mol. The van der Waals surface area contributed by atoms with Crippen molar-refractivity contribution in [1.82, 2.24) is 24.6 Å². The second-order valence-corrected chi connectivity index (χ2v) is 11.3. The standard InChI is InChI=1S/C22H28F2N6O4S/c1-12-8-29(9-13(2)25-12)18-7-15(35(31,32)28-22(4)11-33-14(22)3)10-30-16(18)5-6-17(30)20-26-27-21(34-20)19(23)24/h5-7,10,12-14,19,25,28H,8-9,11H2,1-4H3/t12-,13-,14?,22?/m0/s1. The molecule has 3 aromatic rings. The highest BCUT2D eigenvalue weighted by atomic mass is 32.2. The number of rotatable bonds is 6. The first-order chi connectivity index (χ1) is 16.5. The molecule has 2 N–H and O–H groups in total. The lowest BCUT2D eigenvalue weighted by Crippen LogP contribution is -2.65. The van der Waals surface area contributed by atoms with Crippen LogP contribution in [0.1, 0.15) is 40.0 Å². The fourth-order valence-corrected chi connectivity index (χ4v) is 6.14. The molecular formula is C22H28F2N6O4S. The minimum absolute atomic E-state index is 0.0326. The smallest absolute Gasteiger partial charge is 0.314 e. The lowest BCUT2D eigenvalue weighted by atomic mass is 9.93. The van der Waals surface area contributed by atoms with Crippen LogP contribution in [0.3, 0.4) is 0 Å². The number of halogens is 2. The second-order valence-electron chi connectivity index (χ2n) is 9.63. The number of alkyl halides is 2. The van der Waals surface area contributed by atoms with Crippen LogP contribution in [-0.4, -0.2) is 66.4 Å². The molecule has 4 atom stereocenters. The molecule has 2 saturated heterocycles. The average Bonchev–Trinajstić information content (AvgIpc) is 3.43. The molecule has 0 radical (unpaired) electrons.